The van der Waals surface area contributed by atoms with E-state index >= 15 is 0 Å². The van der Waals surface area contributed by atoms with Crippen molar-refractivity contribution in [1.29, 1.82) is 0 Å². The number of hydrogen-bond donors (Lipinski definition) is 1. The summed E-state index contributed by atoms with van der Waals surface area (Å²) < 4.78 is 5.79. The van der Waals surface area contributed by atoms with Crippen LogP contribution in [0.3, 0.4) is 0 Å². The first-order valence-corrected chi connectivity index (χ1v) is 6.29. The molecule has 1 saturated heterocycles. The van der Waals surface area contributed by atoms with Gasteiger partial charge in [0.05, 0.1) is 6.10 Å². The first-order chi connectivity index (χ1) is 8.16. The summed E-state index contributed by atoms with van der Waals surface area (Å²) >= 11 is 0. The van der Waals surface area contributed by atoms with Gasteiger partial charge in [0.2, 0.25) is 0 Å². The maximum atomic E-state index is 6.00. The van der Waals surface area contributed by atoms with Gasteiger partial charge >= 0.3 is 0 Å². The molecular formula is C13H21N3O. The summed E-state index contributed by atoms with van der Waals surface area (Å²) in [6.45, 7) is 5.93. The van der Waals surface area contributed by atoms with E-state index in [-0.39, 0.29) is 12.1 Å². The summed E-state index contributed by atoms with van der Waals surface area (Å²) in [6.07, 6.45) is 4.20. The number of hydrogen-bond acceptors (Lipinski definition) is 4. The molecule has 0 unspecified atom stereocenters. The fourth-order valence-electron chi connectivity index (χ4n) is 2.17. The van der Waals surface area contributed by atoms with Crippen molar-refractivity contribution in [2.24, 2.45) is 5.73 Å². The molecule has 2 heterocycles. The van der Waals surface area contributed by atoms with Gasteiger partial charge in [0.25, 0.3) is 0 Å². The fourth-order valence-corrected chi connectivity index (χ4v) is 2.17. The van der Waals surface area contributed by atoms with E-state index in [9.17, 15) is 0 Å². The first kappa shape index (κ1) is 12.2. The van der Waals surface area contributed by atoms with Gasteiger partial charge in [-0.05, 0) is 38.8 Å². The lowest BCUT2D eigenvalue weighted by molar-refractivity contribution is 0.241. The molecule has 4 heteroatoms. The van der Waals surface area contributed by atoms with Crippen LogP contribution in [-0.2, 0) is 0 Å². The Bertz CT molecular complexity index is 367. The number of nitrogens with two attached hydrogens (primary N) is 1. The van der Waals surface area contributed by atoms with Crippen LogP contribution in [0, 0.1) is 0 Å². The van der Waals surface area contributed by atoms with Crippen LogP contribution in [0.1, 0.15) is 26.7 Å². The highest BCUT2D eigenvalue weighted by Gasteiger charge is 2.20. The number of ether oxygens (including phenoxy) is 1. The van der Waals surface area contributed by atoms with Crippen LogP contribution in [0.15, 0.2) is 18.3 Å². The van der Waals surface area contributed by atoms with E-state index in [4.69, 9.17) is 10.5 Å². The minimum atomic E-state index is 0.163. The van der Waals surface area contributed by atoms with Crippen LogP contribution in [0.2, 0.25) is 0 Å². The molecule has 1 fully saturated rings. The number of piperidine rings is 1. The van der Waals surface area contributed by atoms with Crippen LogP contribution in [0.5, 0.6) is 5.75 Å². The van der Waals surface area contributed by atoms with Gasteiger partial charge in [-0.2, -0.15) is 0 Å². The lowest BCUT2D eigenvalue weighted by Crippen LogP contribution is -2.43. The van der Waals surface area contributed by atoms with Gasteiger partial charge in [0.1, 0.15) is 0 Å². The molecule has 1 aromatic rings. The highest BCUT2D eigenvalue weighted by atomic mass is 16.5. The molecule has 17 heavy (non-hydrogen) atoms. The van der Waals surface area contributed by atoms with Crippen molar-refractivity contribution in [3.8, 4) is 5.75 Å². The van der Waals surface area contributed by atoms with Gasteiger partial charge in [0, 0.05) is 25.3 Å². The van der Waals surface area contributed by atoms with Crippen LogP contribution < -0.4 is 15.4 Å². The zero-order chi connectivity index (χ0) is 12.3. The maximum absolute atomic E-state index is 6.00. The number of aromatic nitrogens is 1. The van der Waals surface area contributed by atoms with Crippen molar-refractivity contribution in [3.63, 3.8) is 0 Å². The third kappa shape index (κ3) is 3.09. The summed E-state index contributed by atoms with van der Waals surface area (Å²) in [6, 6.07) is 4.13. The average Bonchev–Trinajstić information content (AvgIpc) is 2.29. The SMILES string of the molecule is CC(C)Oc1cccnc1N1CCC[C@@H](N)C1. The Kier molecular flexibility index (Phi) is 3.84. The van der Waals surface area contributed by atoms with E-state index < -0.39 is 0 Å². The summed E-state index contributed by atoms with van der Waals surface area (Å²) in [5.41, 5.74) is 6.00. The van der Waals surface area contributed by atoms with Crippen LogP contribution in [0.25, 0.3) is 0 Å². The van der Waals surface area contributed by atoms with E-state index in [1.165, 1.54) is 0 Å². The highest BCUT2D eigenvalue weighted by molar-refractivity contribution is 5.52. The van der Waals surface area contributed by atoms with Gasteiger partial charge < -0.3 is 15.4 Å². The molecule has 1 atom stereocenters. The molecule has 0 aromatic carbocycles. The van der Waals surface area contributed by atoms with Crippen molar-refractivity contribution in [1.82, 2.24) is 4.98 Å². The quantitative estimate of drug-likeness (QED) is 0.868. The molecular weight excluding hydrogens is 214 g/mol. The molecule has 2 N–H and O–H groups in total. The van der Waals surface area contributed by atoms with Gasteiger partial charge in [-0.15, -0.1) is 0 Å². The van der Waals surface area contributed by atoms with Crippen molar-refractivity contribution in [3.05, 3.63) is 18.3 Å². The van der Waals surface area contributed by atoms with E-state index in [0.29, 0.717) is 0 Å². The molecule has 0 bridgehead atoms. The lowest BCUT2D eigenvalue weighted by atomic mass is 10.1. The Morgan fingerprint density at radius 3 is 3.06 bits per heavy atom. The summed E-state index contributed by atoms with van der Waals surface area (Å²) in [4.78, 5) is 6.66. The molecule has 0 radical (unpaired) electrons. The summed E-state index contributed by atoms with van der Waals surface area (Å²) in [5.74, 6) is 1.79. The summed E-state index contributed by atoms with van der Waals surface area (Å²) in [5, 5.41) is 0. The van der Waals surface area contributed by atoms with Gasteiger partial charge in [-0.25, -0.2) is 4.98 Å². The molecule has 1 aliphatic rings. The minimum Gasteiger partial charge on any atom is -0.487 e. The largest absolute Gasteiger partial charge is 0.487 e. The topological polar surface area (TPSA) is 51.4 Å². The molecule has 0 amide bonds. The Morgan fingerprint density at radius 1 is 1.53 bits per heavy atom. The normalized spacial score (nSPS) is 20.7. The first-order valence-electron chi connectivity index (χ1n) is 6.29. The molecule has 4 nitrogen and oxygen atoms in total. The van der Waals surface area contributed by atoms with E-state index in [0.717, 1.165) is 37.5 Å². The number of pyridine rings is 1. The Labute approximate surface area is 103 Å². The summed E-state index contributed by atoms with van der Waals surface area (Å²) in [7, 11) is 0. The Balaban J connectivity index is 2.18. The molecule has 94 valence electrons. The van der Waals surface area contributed by atoms with Crippen molar-refractivity contribution in [2.45, 2.75) is 38.8 Å². The second-order valence-corrected chi connectivity index (χ2v) is 4.84. The van der Waals surface area contributed by atoms with Crippen LogP contribution in [0.4, 0.5) is 5.82 Å². The molecule has 2 rings (SSSR count). The minimum absolute atomic E-state index is 0.163. The molecule has 0 aliphatic carbocycles. The fraction of sp³-hybridized carbons (Fsp3) is 0.615. The van der Waals surface area contributed by atoms with Gasteiger partial charge in [-0.1, -0.05) is 0 Å². The standard InChI is InChI=1S/C13H21N3O/c1-10(2)17-12-6-3-7-15-13(12)16-8-4-5-11(14)9-16/h3,6-7,10-11H,4-5,8-9,14H2,1-2H3/t11-/m1/s1. The van der Waals surface area contributed by atoms with Gasteiger partial charge in [-0.3, -0.25) is 0 Å². The predicted octanol–water partition coefficient (Wildman–Crippen LogP) is 1.80. The highest BCUT2D eigenvalue weighted by Crippen LogP contribution is 2.28. The van der Waals surface area contributed by atoms with Crippen molar-refractivity contribution in [2.75, 3.05) is 18.0 Å². The van der Waals surface area contributed by atoms with Crippen LogP contribution in [-0.4, -0.2) is 30.2 Å². The number of rotatable bonds is 3. The van der Waals surface area contributed by atoms with E-state index in [1.807, 2.05) is 32.2 Å². The second kappa shape index (κ2) is 5.36. The third-order valence-electron chi connectivity index (χ3n) is 2.87. The average molecular weight is 235 g/mol. The third-order valence-corrected chi connectivity index (χ3v) is 2.87. The predicted molar refractivity (Wildman–Crippen MR) is 69.4 cm³/mol. The van der Waals surface area contributed by atoms with Crippen molar-refractivity contribution < 1.29 is 4.74 Å². The van der Waals surface area contributed by atoms with E-state index in [2.05, 4.69) is 9.88 Å². The second-order valence-electron chi connectivity index (χ2n) is 4.84. The molecule has 1 aromatic heterocycles. The smallest absolute Gasteiger partial charge is 0.171 e. The maximum Gasteiger partial charge on any atom is 0.171 e. The van der Waals surface area contributed by atoms with Gasteiger partial charge in [0.15, 0.2) is 11.6 Å². The molecule has 1 aliphatic heterocycles. The Morgan fingerprint density at radius 2 is 2.35 bits per heavy atom. The lowest BCUT2D eigenvalue weighted by Gasteiger charge is -2.32. The zero-order valence-corrected chi connectivity index (χ0v) is 10.6. The van der Waals surface area contributed by atoms with Crippen molar-refractivity contribution >= 4 is 5.82 Å². The number of nitrogens with zero attached hydrogens (tertiary/aromatic N) is 2. The monoisotopic (exact) mass is 235 g/mol. The van der Waals surface area contributed by atoms with E-state index in [1.54, 1.807) is 0 Å². The molecule has 0 saturated carbocycles. The van der Waals surface area contributed by atoms with Crippen LogP contribution >= 0.6 is 0 Å². The number of anilines is 1. The molecule has 0 spiro atoms. The zero-order valence-electron chi connectivity index (χ0n) is 10.6. The Hall–Kier alpha value is -1.29.